The minimum Gasteiger partial charge on any atom is -0.341 e. The topological polar surface area (TPSA) is 30.3 Å². The van der Waals surface area contributed by atoms with Crippen LogP contribution < -0.4 is 0 Å². The second-order valence-electron chi connectivity index (χ2n) is 8.23. The lowest BCUT2D eigenvalue weighted by Gasteiger charge is -2.26. The van der Waals surface area contributed by atoms with Crippen LogP contribution in [0.15, 0.2) is 42.5 Å². The number of hydrogen-bond acceptors (Lipinski definition) is 1. The van der Waals surface area contributed by atoms with Gasteiger partial charge < -0.3 is 9.80 Å². The van der Waals surface area contributed by atoms with E-state index in [4.69, 9.17) is 5.41 Å². The molecule has 3 rings (SSSR count). The number of hydrogen-bond donors (Lipinski definition) is 1. The van der Waals surface area contributed by atoms with E-state index in [0.29, 0.717) is 6.04 Å². The van der Waals surface area contributed by atoms with Crippen molar-refractivity contribution in [1.82, 2.24) is 9.80 Å². The zero-order valence-electron chi connectivity index (χ0n) is 17.8. The van der Waals surface area contributed by atoms with Crippen molar-refractivity contribution in [2.45, 2.75) is 71.3 Å². The van der Waals surface area contributed by atoms with Crippen molar-refractivity contribution in [2.24, 2.45) is 0 Å². The fraction of sp³-hybridized carbons (Fsp3) is 0.560. The van der Waals surface area contributed by atoms with Crippen LogP contribution in [-0.2, 0) is 6.42 Å². The first-order valence-corrected chi connectivity index (χ1v) is 11.3. The maximum Gasteiger partial charge on any atom is 0.194 e. The van der Waals surface area contributed by atoms with Gasteiger partial charge in [-0.2, -0.15) is 0 Å². The van der Waals surface area contributed by atoms with Gasteiger partial charge in [0.15, 0.2) is 5.96 Å². The molecule has 152 valence electrons. The average molecular weight is 380 g/mol. The molecule has 0 unspecified atom stereocenters. The van der Waals surface area contributed by atoms with Gasteiger partial charge in [0.1, 0.15) is 0 Å². The zero-order valence-corrected chi connectivity index (χ0v) is 17.8. The molecule has 2 aromatic carbocycles. The van der Waals surface area contributed by atoms with Gasteiger partial charge in [0.25, 0.3) is 0 Å². The van der Waals surface area contributed by atoms with Gasteiger partial charge in [0.2, 0.25) is 0 Å². The number of guanidine groups is 1. The highest BCUT2D eigenvalue weighted by Crippen LogP contribution is 2.25. The maximum atomic E-state index is 8.77. The summed E-state index contributed by atoms with van der Waals surface area (Å²) < 4.78 is 0. The number of benzene rings is 2. The Labute approximate surface area is 171 Å². The van der Waals surface area contributed by atoms with Gasteiger partial charge in [0.05, 0.1) is 6.04 Å². The van der Waals surface area contributed by atoms with Gasteiger partial charge in [-0.3, -0.25) is 5.41 Å². The van der Waals surface area contributed by atoms with Crippen LogP contribution in [0.2, 0.25) is 0 Å². The van der Waals surface area contributed by atoms with Crippen LogP contribution in [0.1, 0.15) is 64.4 Å². The molecular formula is C25H37N3. The van der Waals surface area contributed by atoms with Gasteiger partial charge in [-0.25, -0.2) is 0 Å². The Bertz CT molecular complexity index is 749. The van der Waals surface area contributed by atoms with E-state index in [1.807, 2.05) is 0 Å². The Morgan fingerprint density at radius 1 is 0.857 bits per heavy atom. The van der Waals surface area contributed by atoms with Gasteiger partial charge in [-0.05, 0) is 35.6 Å². The van der Waals surface area contributed by atoms with Crippen LogP contribution in [0.5, 0.6) is 0 Å². The number of nitrogens with one attached hydrogen (secondary N) is 1. The zero-order chi connectivity index (χ0) is 19.8. The molecule has 0 spiro atoms. The number of fused-ring (bicyclic) bond motifs is 1. The minimum absolute atomic E-state index is 0.418. The molecule has 1 saturated heterocycles. The molecule has 0 bridgehead atoms. The Kier molecular flexibility index (Phi) is 7.76. The van der Waals surface area contributed by atoms with Crippen molar-refractivity contribution >= 4 is 16.7 Å². The predicted molar refractivity (Wildman–Crippen MR) is 121 cm³/mol. The summed E-state index contributed by atoms with van der Waals surface area (Å²) in [4.78, 5) is 4.70. The molecule has 1 heterocycles. The molecule has 28 heavy (non-hydrogen) atoms. The van der Waals surface area contributed by atoms with E-state index in [1.165, 1.54) is 61.3 Å². The Morgan fingerprint density at radius 2 is 1.61 bits per heavy atom. The van der Waals surface area contributed by atoms with E-state index in [-0.39, 0.29) is 0 Å². The summed E-state index contributed by atoms with van der Waals surface area (Å²) >= 11 is 0. The molecule has 1 N–H and O–H groups in total. The molecule has 2 aromatic rings. The van der Waals surface area contributed by atoms with E-state index in [2.05, 4.69) is 66.1 Å². The fourth-order valence-corrected chi connectivity index (χ4v) is 4.41. The van der Waals surface area contributed by atoms with Crippen molar-refractivity contribution in [3.05, 3.63) is 48.0 Å². The third-order valence-corrected chi connectivity index (χ3v) is 6.06. The Hall–Kier alpha value is -2.03. The molecule has 0 saturated carbocycles. The highest BCUT2D eigenvalue weighted by Gasteiger charge is 2.33. The Balaban J connectivity index is 1.72. The van der Waals surface area contributed by atoms with Gasteiger partial charge in [0, 0.05) is 19.6 Å². The van der Waals surface area contributed by atoms with E-state index in [0.717, 1.165) is 32.0 Å². The normalized spacial score (nSPS) is 17.1. The summed E-state index contributed by atoms with van der Waals surface area (Å²) in [5.74, 6) is 0.758. The van der Waals surface area contributed by atoms with Crippen molar-refractivity contribution in [3.63, 3.8) is 0 Å². The molecule has 0 aliphatic carbocycles. The summed E-state index contributed by atoms with van der Waals surface area (Å²) in [6.07, 6.45) is 9.83. The van der Waals surface area contributed by atoms with Crippen molar-refractivity contribution in [2.75, 3.05) is 19.6 Å². The second-order valence-corrected chi connectivity index (χ2v) is 8.23. The van der Waals surface area contributed by atoms with Gasteiger partial charge in [-0.15, -0.1) is 0 Å². The molecule has 0 aromatic heterocycles. The summed E-state index contributed by atoms with van der Waals surface area (Å²) in [6.45, 7) is 7.55. The van der Waals surface area contributed by atoms with Crippen molar-refractivity contribution < 1.29 is 0 Å². The molecule has 3 heteroatoms. The SMILES string of the molecule is CCCCCCCN1C(=N)N(CCCC)C[C@H]1Cc1cccc2ccccc12. The number of unbranched alkanes of at least 4 members (excludes halogenated alkanes) is 5. The third-order valence-electron chi connectivity index (χ3n) is 6.06. The van der Waals surface area contributed by atoms with Crippen LogP contribution >= 0.6 is 0 Å². The van der Waals surface area contributed by atoms with Crippen LogP contribution in [0.25, 0.3) is 10.8 Å². The predicted octanol–water partition coefficient (Wildman–Crippen LogP) is 6.07. The monoisotopic (exact) mass is 379 g/mol. The van der Waals surface area contributed by atoms with Crippen molar-refractivity contribution in [1.29, 1.82) is 5.41 Å². The van der Waals surface area contributed by atoms with Crippen molar-refractivity contribution in [3.8, 4) is 0 Å². The highest BCUT2D eigenvalue weighted by atomic mass is 15.4. The van der Waals surface area contributed by atoms with E-state index in [9.17, 15) is 0 Å². The van der Waals surface area contributed by atoms with E-state index >= 15 is 0 Å². The minimum atomic E-state index is 0.418. The number of nitrogens with zero attached hydrogens (tertiary/aromatic N) is 2. The summed E-state index contributed by atoms with van der Waals surface area (Å²) in [5, 5.41) is 11.5. The van der Waals surface area contributed by atoms with Crippen LogP contribution in [0.3, 0.4) is 0 Å². The lowest BCUT2D eigenvalue weighted by atomic mass is 9.98. The highest BCUT2D eigenvalue weighted by molar-refractivity contribution is 5.86. The first-order chi connectivity index (χ1) is 13.7. The second kappa shape index (κ2) is 10.5. The molecule has 1 fully saturated rings. The molecule has 0 amide bonds. The van der Waals surface area contributed by atoms with E-state index < -0.39 is 0 Å². The molecule has 1 aliphatic heterocycles. The molecule has 3 nitrogen and oxygen atoms in total. The lowest BCUT2D eigenvalue weighted by molar-refractivity contribution is 0.329. The first kappa shape index (κ1) is 20.7. The summed E-state index contributed by atoms with van der Waals surface area (Å²) in [7, 11) is 0. The third kappa shape index (κ3) is 5.06. The molecule has 1 atom stereocenters. The van der Waals surface area contributed by atoms with Gasteiger partial charge >= 0.3 is 0 Å². The lowest BCUT2D eigenvalue weighted by Crippen LogP contribution is -2.37. The fourth-order valence-electron chi connectivity index (χ4n) is 4.41. The molecule has 0 radical (unpaired) electrons. The average Bonchev–Trinajstić information content (AvgIpc) is 3.01. The molecule has 1 aliphatic rings. The van der Waals surface area contributed by atoms with Crippen LogP contribution in [0.4, 0.5) is 0 Å². The summed E-state index contributed by atoms with van der Waals surface area (Å²) in [5.41, 5.74) is 1.42. The maximum absolute atomic E-state index is 8.77. The first-order valence-electron chi connectivity index (χ1n) is 11.3. The summed E-state index contributed by atoms with van der Waals surface area (Å²) in [6, 6.07) is 15.8. The van der Waals surface area contributed by atoms with Crippen LogP contribution in [-0.4, -0.2) is 41.4 Å². The smallest absolute Gasteiger partial charge is 0.194 e. The largest absolute Gasteiger partial charge is 0.341 e. The number of rotatable bonds is 11. The van der Waals surface area contributed by atoms with E-state index in [1.54, 1.807) is 0 Å². The molecular weight excluding hydrogens is 342 g/mol. The standard InChI is InChI=1S/C25H37N3/c1-3-5-7-8-11-18-28-23(20-27(25(28)26)17-6-4-2)19-22-15-12-14-21-13-9-10-16-24(21)22/h9-10,12-16,23,26H,3-8,11,17-20H2,1-2H3/t23-/m1/s1. The Morgan fingerprint density at radius 3 is 2.43 bits per heavy atom. The quantitative estimate of drug-likeness (QED) is 0.480. The van der Waals surface area contributed by atoms with Crippen LogP contribution in [0, 0.1) is 5.41 Å². The van der Waals surface area contributed by atoms with Gasteiger partial charge in [-0.1, -0.05) is 88.4 Å².